The Kier molecular flexibility index (Phi) is 7.18. The Morgan fingerprint density at radius 3 is 1.52 bits per heavy atom. The van der Waals surface area contributed by atoms with Gasteiger partial charge in [-0.1, -0.05) is 146 Å². The topological polar surface area (TPSA) is 16.4 Å². The van der Waals surface area contributed by atoms with Crippen molar-refractivity contribution in [3.8, 4) is 33.4 Å². The first kappa shape index (κ1) is 30.0. The third-order valence-electron chi connectivity index (χ3n) is 10.2. The number of rotatable bonds is 6. The van der Waals surface area contributed by atoms with Crippen molar-refractivity contribution >= 4 is 60.5 Å². The van der Waals surface area contributed by atoms with Crippen molar-refractivity contribution in [2.75, 3.05) is 4.90 Å². The fourth-order valence-corrected chi connectivity index (χ4v) is 7.88. The molecule has 10 aromatic rings. The molecule has 1 heterocycles. The van der Waals surface area contributed by atoms with Crippen LogP contribution >= 0.6 is 0 Å². The molecule has 0 aliphatic carbocycles. The van der Waals surface area contributed by atoms with Gasteiger partial charge in [0.2, 0.25) is 0 Å². The molecule has 0 unspecified atom stereocenters. The monoisotopic (exact) mass is 663 g/mol. The lowest BCUT2D eigenvalue weighted by molar-refractivity contribution is 0.669. The summed E-state index contributed by atoms with van der Waals surface area (Å²) in [6.07, 6.45) is 0. The second-order valence-corrected chi connectivity index (χ2v) is 13.3. The molecule has 0 saturated heterocycles. The molecular weight excluding hydrogens is 631 g/mol. The smallest absolute Gasteiger partial charge is 0.137 e. The summed E-state index contributed by atoms with van der Waals surface area (Å²) in [5, 5.41) is 7.25. The van der Waals surface area contributed by atoms with E-state index in [0.29, 0.717) is 0 Å². The van der Waals surface area contributed by atoms with Crippen molar-refractivity contribution in [3.63, 3.8) is 0 Å². The van der Waals surface area contributed by atoms with Gasteiger partial charge in [-0.25, -0.2) is 0 Å². The Hall–Kier alpha value is -6.90. The van der Waals surface area contributed by atoms with E-state index in [4.69, 9.17) is 4.42 Å². The third kappa shape index (κ3) is 5.04. The lowest BCUT2D eigenvalue weighted by Crippen LogP contribution is -2.09. The molecule has 0 aliphatic rings. The number of nitrogens with zero attached hydrogens (tertiary/aromatic N) is 1. The minimum absolute atomic E-state index is 0.875. The second kappa shape index (κ2) is 12.5. The normalized spacial score (nSPS) is 11.5. The molecule has 10 rings (SSSR count). The summed E-state index contributed by atoms with van der Waals surface area (Å²) in [6.45, 7) is 0. The van der Waals surface area contributed by atoms with Gasteiger partial charge < -0.3 is 9.32 Å². The van der Waals surface area contributed by atoms with Crippen molar-refractivity contribution < 1.29 is 4.42 Å². The van der Waals surface area contributed by atoms with Gasteiger partial charge in [0.15, 0.2) is 0 Å². The standard InChI is InChI=1S/C50H33NO/c1-4-15-34(16-5-1)49-45-25-11-10-23-41(45)42-29-27-37(32-46(42)50(49)35-17-6-2-7-18-35)36-19-14-22-39(31-36)51(38-20-8-3-9-21-38)40-28-30-44-43-24-12-13-26-47(43)52-48(44)33-40/h1-33H. The molecule has 0 amide bonds. The average molecular weight is 664 g/mol. The highest BCUT2D eigenvalue weighted by molar-refractivity contribution is 6.22. The van der Waals surface area contributed by atoms with Crippen molar-refractivity contribution in [1.82, 2.24) is 0 Å². The average Bonchev–Trinajstić information content (AvgIpc) is 3.59. The van der Waals surface area contributed by atoms with Gasteiger partial charge >= 0.3 is 0 Å². The summed E-state index contributed by atoms with van der Waals surface area (Å²) < 4.78 is 6.34. The van der Waals surface area contributed by atoms with Gasteiger partial charge in [-0.05, 0) is 103 Å². The predicted octanol–water partition coefficient (Wildman–Crippen LogP) is 14.4. The van der Waals surface area contributed by atoms with Crippen molar-refractivity contribution in [3.05, 3.63) is 200 Å². The molecule has 0 N–H and O–H groups in total. The lowest BCUT2D eigenvalue weighted by Gasteiger charge is -2.26. The summed E-state index contributed by atoms with van der Waals surface area (Å²) in [5.74, 6) is 0. The summed E-state index contributed by atoms with van der Waals surface area (Å²) >= 11 is 0. The van der Waals surface area contributed by atoms with Crippen LogP contribution < -0.4 is 4.90 Å². The van der Waals surface area contributed by atoms with Crippen molar-refractivity contribution in [2.45, 2.75) is 0 Å². The Balaban J connectivity index is 1.18. The molecule has 0 bridgehead atoms. The van der Waals surface area contributed by atoms with E-state index < -0.39 is 0 Å². The number of benzene rings is 9. The molecule has 1 aromatic heterocycles. The van der Waals surface area contributed by atoms with Gasteiger partial charge in [0.25, 0.3) is 0 Å². The van der Waals surface area contributed by atoms with E-state index in [9.17, 15) is 0 Å². The number of hydrogen-bond donors (Lipinski definition) is 0. The summed E-state index contributed by atoms with van der Waals surface area (Å²) in [4.78, 5) is 2.31. The molecule has 244 valence electrons. The zero-order valence-electron chi connectivity index (χ0n) is 28.4. The molecule has 0 fully saturated rings. The number of hydrogen-bond acceptors (Lipinski definition) is 2. The van der Waals surface area contributed by atoms with E-state index in [2.05, 4.69) is 193 Å². The summed E-state index contributed by atoms with van der Waals surface area (Å²) in [5.41, 5.74) is 12.2. The van der Waals surface area contributed by atoms with E-state index in [-0.39, 0.29) is 0 Å². The van der Waals surface area contributed by atoms with Gasteiger partial charge in [0.05, 0.1) is 0 Å². The first-order valence-corrected chi connectivity index (χ1v) is 17.8. The molecule has 2 nitrogen and oxygen atoms in total. The van der Waals surface area contributed by atoms with Crippen LogP contribution in [0.5, 0.6) is 0 Å². The quantitative estimate of drug-likeness (QED) is 0.165. The minimum atomic E-state index is 0.875. The Morgan fingerprint density at radius 1 is 0.269 bits per heavy atom. The van der Waals surface area contributed by atoms with Gasteiger partial charge in [-0.3, -0.25) is 0 Å². The van der Waals surface area contributed by atoms with Crippen molar-refractivity contribution in [2.24, 2.45) is 0 Å². The van der Waals surface area contributed by atoms with Crippen LogP contribution in [0.15, 0.2) is 205 Å². The van der Waals surface area contributed by atoms with Gasteiger partial charge in [-0.15, -0.1) is 0 Å². The van der Waals surface area contributed by atoms with Gasteiger partial charge in [-0.2, -0.15) is 0 Å². The van der Waals surface area contributed by atoms with Crippen LogP contribution in [0.3, 0.4) is 0 Å². The number of anilines is 3. The zero-order chi connectivity index (χ0) is 34.4. The molecule has 9 aromatic carbocycles. The molecule has 0 radical (unpaired) electrons. The molecule has 2 heteroatoms. The number of para-hydroxylation sites is 2. The highest BCUT2D eigenvalue weighted by Crippen LogP contribution is 2.46. The Bertz CT molecular complexity index is 2890. The fourth-order valence-electron chi connectivity index (χ4n) is 7.88. The van der Waals surface area contributed by atoms with Crippen LogP contribution in [-0.2, 0) is 0 Å². The van der Waals surface area contributed by atoms with Crippen LogP contribution in [0.1, 0.15) is 0 Å². The first-order valence-electron chi connectivity index (χ1n) is 17.8. The summed E-state index contributed by atoms with van der Waals surface area (Å²) in [6, 6.07) is 71.7. The van der Waals surface area contributed by atoms with Crippen LogP contribution in [-0.4, -0.2) is 0 Å². The zero-order valence-corrected chi connectivity index (χ0v) is 28.4. The highest BCUT2D eigenvalue weighted by atomic mass is 16.3. The Labute approximate surface area is 302 Å². The second-order valence-electron chi connectivity index (χ2n) is 13.3. The minimum Gasteiger partial charge on any atom is -0.456 e. The van der Waals surface area contributed by atoms with E-state index in [0.717, 1.165) is 44.6 Å². The van der Waals surface area contributed by atoms with Crippen LogP contribution in [0.4, 0.5) is 17.1 Å². The molecular formula is C50H33NO. The van der Waals surface area contributed by atoms with E-state index in [1.165, 1.54) is 49.4 Å². The van der Waals surface area contributed by atoms with Gasteiger partial charge in [0, 0.05) is 33.9 Å². The fraction of sp³-hybridized carbons (Fsp3) is 0. The number of fused-ring (bicyclic) bond motifs is 6. The maximum atomic E-state index is 6.34. The molecule has 0 saturated carbocycles. The van der Waals surface area contributed by atoms with Crippen LogP contribution in [0.2, 0.25) is 0 Å². The van der Waals surface area contributed by atoms with E-state index >= 15 is 0 Å². The molecule has 0 spiro atoms. The number of furan rings is 1. The van der Waals surface area contributed by atoms with Crippen LogP contribution in [0.25, 0.3) is 76.9 Å². The molecule has 0 aliphatic heterocycles. The first-order chi connectivity index (χ1) is 25.8. The van der Waals surface area contributed by atoms with Crippen LogP contribution in [0, 0.1) is 0 Å². The maximum Gasteiger partial charge on any atom is 0.137 e. The largest absolute Gasteiger partial charge is 0.456 e. The molecule has 0 atom stereocenters. The summed E-state index contributed by atoms with van der Waals surface area (Å²) in [7, 11) is 0. The predicted molar refractivity (Wildman–Crippen MR) is 220 cm³/mol. The highest BCUT2D eigenvalue weighted by Gasteiger charge is 2.19. The Morgan fingerprint density at radius 2 is 0.769 bits per heavy atom. The van der Waals surface area contributed by atoms with E-state index in [1.807, 2.05) is 12.1 Å². The van der Waals surface area contributed by atoms with E-state index in [1.54, 1.807) is 0 Å². The maximum absolute atomic E-state index is 6.34. The molecule has 52 heavy (non-hydrogen) atoms. The van der Waals surface area contributed by atoms with Gasteiger partial charge in [0.1, 0.15) is 11.2 Å². The lowest BCUT2D eigenvalue weighted by atomic mass is 9.84. The van der Waals surface area contributed by atoms with Crippen molar-refractivity contribution in [1.29, 1.82) is 0 Å². The SMILES string of the molecule is c1ccc(-c2c(-c3ccccc3)c3cc(-c4cccc(N(c5ccccc5)c5ccc6c(c5)oc5ccccc56)c4)ccc3c3ccccc23)cc1. The third-order valence-corrected chi connectivity index (χ3v) is 10.2.